The third-order valence-corrected chi connectivity index (χ3v) is 5.57. The van der Waals surface area contributed by atoms with Gasteiger partial charge in [0.25, 0.3) is 5.91 Å². The molecule has 0 saturated carbocycles. The summed E-state index contributed by atoms with van der Waals surface area (Å²) in [5.74, 6) is -1.11. The van der Waals surface area contributed by atoms with Crippen LogP contribution in [0.3, 0.4) is 0 Å². The zero-order chi connectivity index (χ0) is 24.2. The highest BCUT2D eigenvalue weighted by molar-refractivity contribution is 6.06. The van der Waals surface area contributed by atoms with Crippen molar-refractivity contribution in [3.8, 4) is 11.3 Å². The van der Waals surface area contributed by atoms with Gasteiger partial charge in [-0.05, 0) is 60.7 Å². The fourth-order valence-electron chi connectivity index (χ4n) is 3.79. The van der Waals surface area contributed by atoms with Gasteiger partial charge in [-0.25, -0.2) is 9.18 Å². The average Bonchev–Trinajstić information content (AvgIpc) is 3.31. The van der Waals surface area contributed by atoms with E-state index in [4.69, 9.17) is 4.74 Å². The Morgan fingerprint density at radius 2 is 1.63 bits per heavy atom. The molecule has 35 heavy (non-hydrogen) atoms. The number of hydrogen-bond acceptors (Lipinski definition) is 4. The second kappa shape index (κ2) is 9.61. The van der Waals surface area contributed by atoms with E-state index in [0.29, 0.717) is 28.1 Å². The number of nitrogens with one attached hydrogen (secondary N) is 2. The van der Waals surface area contributed by atoms with E-state index in [2.05, 4.69) is 15.5 Å². The third-order valence-electron chi connectivity index (χ3n) is 5.57. The molecular formula is C28H20FN3O3. The molecule has 2 N–H and O–H groups in total. The van der Waals surface area contributed by atoms with Gasteiger partial charge < -0.3 is 10.1 Å². The Morgan fingerprint density at radius 3 is 2.43 bits per heavy atom. The Balaban J connectivity index is 1.35. The number of H-pyrrole nitrogens is 1. The van der Waals surface area contributed by atoms with Crippen molar-refractivity contribution in [3.05, 3.63) is 120 Å². The smallest absolute Gasteiger partial charge is 0.338 e. The molecule has 4 aromatic carbocycles. The first-order valence-electron chi connectivity index (χ1n) is 10.9. The number of amides is 1. The molecule has 1 aromatic heterocycles. The first-order valence-corrected chi connectivity index (χ1v) is 10.9. The van der Waals surface area contributed by atoms with Crippen molar-refractivity contribution in [2.24, 2.45) is 0 Å². The summed E-state index contributed by atoms with van der Waals surface area (Å²) >= 11 is 0. The normalized spacial score (nSPS) is 10.8. The average molecular weight is 465 g/mol. The van der Waals surface area contributed by atoms with E-state index in [1.165, 1.54) is 12.1 Å². The standard InChI is InChI=1S/C28H20FN3O3/c29-21-12-10-18(11-13-21)26-24-16-22(14-15-25(24)31-32-26)30-27(33)23-9-5-4-8-20(23)17-35-28(34)19-6-2-1-3-7-19/h1-16H,17H2,(H,30,33)(H,31,32). The number of halogens is 1. The van der Waals surface area contributed by atoms with Gasteiger partial charge in [0.2, 0.25) is 0 Å². The summed E-state index contributed by atoms with van der Waals surface area (Å²) in [6.45, 7) is -0.0349. The van der Waals surface area contributed by atoms with Crippen molar-refractivity contribution in [2.75, 3.05) is 5.32 Å². The molecule has 0 atom stereocenters. The first-order chi connectivity index (χ1) is 17.1. The zero-order valence-electron chi connectivity index (χ0n) is 18.5. The van der Waals surface area contributed by atoms with Crippen LogP contribution in [0.25, 0.3) is 22.2 Å². The lowest BCUT2D eigenvalue weighted by molar-refractivity contribution is 0.0470. The monoisotopic (exact) mass is 465 g/mol. The van der Waals surface area contributed by atoms with Crippen LogP contribution in [0.5, 0.6) is 0 Å². The van der Waals surface area contributed by atoms with Gasteiger partial charge in [-0.3, -0.25) is 9.89 Å². The van der Waals surface area contributed by atoms with Gasteiger partial charge in [-0.2, -0.15) is 5.10 Å². The summed E-state index contributed by atoms with van der Waals surface area (Å²) in [5.41, 5.74) is 4.21. The summed E-state index contributed by atoms with van der Waals surface area (Å²) in [6, 6.07) is 27.1. The number of hydrogen-bond donors (Lipinski definition) is 2. The number of fused-ring (bicyclic) bond motifs is 1. The Kier molecular flexibility index (Phi) is 6.05. The fraction of sp³-hybridized carbons (Fsp3) is 0.0357. The van der Waals surface area contributed by atoms with E-state index in [9.17, 15) is 14.0 Å². The van der Waals surface area contributed by atoms with E-state index >= 15 is 0 Å². The highest BCUT2D eigenvalue weighted by Gasteiger charge is 2.15. The quantitative estimate of drug-likeness (QED) is 0.302. The number of esters is 1. The van der Waals surface area contributed by atoms with Crippen LogP contribution >= 0.6 is 0 Å². The number of benzene rings is 4. The van der Waals surface area contributed by atoms with Gasteiger partial charge in [0, 0.05) is 27.8 Å². The van der Waals surface area contributed by atoms with Gasteiger partial charge in [0.1, 0.15) is 12.4 Å². The fourth-order valence-corrected chi connectivity index (χ4v) is 3.79. The van der Waals surface area contributed by atoms with E-state index in [0.717, 1.165) is 16.5 Å². The number of carbonyl (C=O) groups excluding carboxylic acids is 2. The molecule has 1 amide bonds. The SMILES string of the molecule is O=C(OCc1ccccc1C(=O)Nc1ccc2[nH]nc(-c3ccc(F)cc3)c2c1)c1ccccc1. The van der Waals surface area contributed by atoms with Crippen molar-refractivity contribution in [1.29, 1.82) is 0 Å². The number of carbonyl (C=O) groups is 2. The van der Waals surface area contributed by atoms with Crippen LogP contribution in [0.15, 0.2) is 97.1 Å². The zero-order valence-corrected chi connectivity index (χ0v) is 18.5. The number of anilines is 1. The van der Waals surface area contributed by atoms with Crippen molar-refractivity contribution in [3.63, 3.8) is 0 Å². The van der Waals surface area contributed by atoms with Gasteiger partial charge in [-0.1, -0.05) is 36.4 Å². The molecule has 0 spiro atoms. The molecule has 172 valence electrons. The topological polar surface area (TPSA) is 84.1 Å². The Hall–Kier alpha value is -4.78. The van der Waals surface area contributed by atoms with Crippen molar-refractivity contribution < 1.29 is 18.7 Å². The molecule has 6 nitrogen and oxygen atoms in total. The molecular weight excluding hydrogens is 445 g/mol. The van der Waals surface area contributed by atoms with E-state index < -0.39 is 5.97 Å². The molecule has 0 aliphatic rings. The van der Waals surface area contributed by atoms with Crippen LogP contribution in [-0.2, 0) is 11.3 Å². The third kappa shape index (κ3) is 4.79. The molecule has 0 aliphatic carbocycles. The maximum absolute atomic E-state index is 13.3. The summed E-state index contributed by atoms with van der Waals surface area (Å²) in [6.07, 6.45) is 0. The van der Waals surface area contributed by atoms with Crippen LogP contribution < -0.4 is 5.32 Å². The number of aromatic amines is 1. The molecule has 0 bridgehead atoms. The molecule has 0 aliphatic heterocycles. The van der Waals surface area contributed by atoms with E-state index in [1.807, 2.05) is 18.2 Å². The summed E-state index contributed by atoms with van der Waals surface area (Å²) < 4.78 is 18.7. The summed E-state index contributed by atoms with van der Waals surface area (Å²) in [7, 11) is 0. The van der Waals surface area contributed by atoms with Gasteiger partial charge in [0.05, 0.1) is 16.8 Å². The largest absolute Gasteiger partial charge is 0.457 e. The van der Waals surface area contributed by atoms with Gasteiger partial charge in [-0.15, -0.1) is 0 Å². The molecule has 0 radical (unpaired) electrons. The predicted molar refractivity (Wildman–Crippen MR) is 131 cm³/mol. The van der Waals surface area contributed by atoms with Crippen LogP contribution in [0.1, 0.15) is 26.3 Å². The molecule has 0 unspecified atom stereocenters. The van der Waals surface area contributed by atoms with Gasteiger partial charge in [0.15, 0.2) is 0 Å². The van der Waals surface area contributed by atoms with Crippen LogP contribution in [-0.4, -0.2) is 22.1 Å². The lowest BCUT2D eigenvalue weighted by Gasteiger charge is -2.11. The number of rotatable bonds is 6. The molecule has 0 fully saturated rings. The minimum absolute atomic E-state index is 0.0349. The minimum Gasteiger partial charge on any atom is -0.457 e. The Bertz CT molecular complexity index is 1510. The lowest BCUT2D eigenvalue weighted by Crippen LogP contribution is -2.15. The molecule has 0 saturated heterocycles. The van der Waals surface area contributed by atoms with Crippen molar-refractivity contribution in [2.45, 2.75) is 6.61 Å². The summed E-state index contributed by atoms with van der Waals surface area (Å²) in [5, 5.41) is 11.0. The van der Waals surface area contributed by atoms with Gasteiger partial charge >= 0.3 is 5.97 Å². The highest BCUT2D eigenvalue weighted by atomic mass is 19.1. The molecule has 1 heterocycles. The molecule has 7 heteroatoms. The second-order valence-corrected chi connectivity index (χ2v) is 7.89. The minimum atomic E-state index is -0.459. The second-order valence-electron chi connectivity index (χ2n) is 7.89. The maximum atomic E-state index is 13.3. The number of ether oxygens (including phenoxy) is 1. The van der Waals surface area contributed by atoms with Crippen molar-refractivity contribution >= 4 is 28.5 Å². The Morgan fingerprint density at radius 1 is 0.886 bits per heavy atom. The van der Waals surface area contributed by atoms with E-state index in [-0.39, 0.29) is 18.3 Å². The number of aromatic nitrogens is 2. The molecule has 5 rings (SSSR count). The number of nitrogens with zero attached hydrogens (tertiary/aromatic N) is 1. The summed E-state index contributed by atoms with van der Waals surface area (Å²) in [4.78, 5) is 25.4. The van der Waals surface area contributed by atoms with Crippen LogP contribution in [0, 0.1) is 5.82 Å². The predicted octanol–water partition coefficient (Wildman–Crippen LogP) is 5.98. The van der Waals surface area contributed by atoms with Crippen LogP contribution in [0.4, 0.5) is 10.1 Å². The highest BCUT2D eigenvalue weighted by Crippen LogP contribution is 2.29. The Labute approximate surface area is 200 Å². The maximum Gasteiger partial charge on any atom is 0.338 e. The molecule has 5 aromatic rings. The lowest BCUT2D eigenvalue weighted by atomic mass is 10.1. The first kappa shape index (κ1) is 22.0. The van der Waals surface area contributed by atoms with Crippen molar-refractivity contribution in [1.82, 2.24) is 10.2 Å². The van der Waals surface area contributed by atoms with E-state index in [1.54, 1.807) is 66.7 Å². The van der Waals surface area contributed by atoms with Crippen LogP contribution in [0.2, 0.25) is 0 Å².